The molecule has 3 heteroatoms. The fourth-order valence-corrected chi connectivity index (χ4v) is 2.20. The third kappa shape index (κ3) is 2.83. The molecule has 0 saturated heterocycles. The summed E-state index contributed by atoms with van der Waals surface area (Å²) in [6.07, 6.45) is 8.80. The lowest BCUT2D eigenvalue weighted by atomic mass is 9.92. The van der Waals surface area contributed by atoms with Gasteiger partial charge in [-0.3, -0.25) is 0 Å². The summed E-state index contributed by atoms with van der Waals surface area (Å²) >= 11 is 0. The van der Waals surface area contributed by atoms with Crippen LogP contribution in [0.3, 0.4) is 0 Å². The molecule has 0 bridgehead atoms. The molecule has 0 spiro atoms. The molecule has 2 unspecified atom stereocenters. The van der Waals surface area contributed by atoms with Crippen molar-refractivity contribution in [3.63, 3.8) is 0 Å². The molecule has 1 heterocycles. The summed E-state index contributed by atoms with van der Waals surface area (Å²) in [5.41, 5.74) is 1.12. The van der Waals surface area contributed by atoms with Crippen molar-refractivity contribution in [2.45, 2.75) is 44.4 Å². The second-order valence-electron chi connectivity index (χ2n) is 4.16. The molecule has 3 nitrogen and oxygen atoms in total. The molecule has 1 aromatic rings. The third-order valence-corrected chi connectivity index (χ3v) is 3.12. The van der Waals surface area contributed by atoms with Crippen LogP contribution in [0.25, 0.3) is 0 Å². The molecule has 1 aromatic heterocycles. The Morgan fingerprint density at radius 1 is 1.47 bits per heavy atom. The summed E-state index contributed by atoms with van der Waals surface area (Å²) < 4.78 is 10.9. The highest BCUT2D eigenvalue weighted by Crippen LogP contribution is 2.22. The van der Waals surface area contributed by atoms with Crippen molar-refractivity contribution in [3.05, 3.63) is 24.2 Å². The second-order valence-corrected chi connectivity index (χ2v) is 4.16. The average Bonchev–Trinajstić information content (AvgIpc) is 2.79. The van der Waals surface area contributed by atoms with Gasteiger partial charge in [-0.1, -0.05) is 12.8 Å². The van der Waals surface area contributed by atoms with Crippen molar-refractivity contribution in [2.75, 3.05) is 7.05 Å². The van der Waals surface area contributed by atoms with E-state index < -0.39 is 0 Å². The first-order chi connectivity index (χ1) is 7.40. The van der Waals surface area contributed by atoms with Crippen LogP contribution in [-0.4, -0.2) is 19.2 Å². The van der Waals surface area contributed by atoms with Crippen LogP contribution in [0.15, 0.2) is 23.0 Å². The standard InChI is InChI=1S/C12H19NO2/c1-13-11-4-2-3-5-12(11)15-9-10-6-7-14-8-10/h6-8,11-13H,2-5,9H2,1H3. The van der Waals surface area contributed by atoms with Crippen LogP contribution in [0.4, 0.5) is 0 Å². The van der Waals surface area contributed by atoms with Crippen molar-refractivity contribution >= 4 is 0 Å². The number of hydrogen-bond donors (Lipinski definition) is 1. The van der Waals surface area contributed by atoms with Crippen molar-refractivity contribution < 1.29 is 9.15 Å². The fraction of sp³-hybridized carbons (Fsp3) is 0.667. The highest BCUT2D eigenvalue weighted by Gasteiger charge is 2.24. The van der Waals surface area contributed by atoms with E-state index in [0.29, 0.717) is 18.8 Å². The van der Waals surface area contributed by atoms with E-state index in [-0.39, 0.29) is 0 Å². The third-order valence-electron chi connectivity index (χ3n) is 3.12. The van der Waals surface area contributed by atoms with E-state index in [4.69, 9.17) is 9.15 Å². The Hall–Kier alpha value is -0.800. The van der Waals surface area contributed by atoms with Crippen LogP contribution >= 0.6 is 0 Å². The molecule has 1 N–H and O–H groups in total. The lowest BCUT2D eigenvalue weighted by Gasteiger charge is -2.31. The first-order valence-corrected chi connectivity index (χ1v) is 5.70. The van der Waals surface area contributed by atoms with Gasteiger partial charge in [0.1, 0.15) is 0 Å². The summed E-state index contributed by atoms with van der Waals surface area (Å²) in [7, 11) is 2.02. The lowest BCUT2D eigenvalue weighted by Crippen LogP contribution is -2.41. The van der Waals surface area contributed by atoms with Crippen LogP contribution < -0.4 is 5.32 Å². The van der Waals surface area contributed by atoms with Gasteiger partial charge in [-0.15, -0.1) is 0 Å². The Bertz CT molecular complexity index is 271. The van der Waals surface area contributed by atoms with E-state index in [1.54, 1.807) is 12.5 Å². The van der Waals surface area contributed by atoms with Crippen molar-refractivity contribution in [3.8, 4) is 0 Å². The molecular formula is C12H19NO2. The minimum Gasteiger partial charge on any atom is -0.472 e. The molecule has 2 rings (SSSR count). The van der Waals surface area contributed by atoms with Gasteiger partial charge in [0.25, 0.3) is 0 Å². The quantitative estimate of drug-likeness (QED) is 0.826. The molecule has 0 aliphatic heterocycles. The summed E-state index contributed by atoms with van der Waals surface area (Å²) in [5, 5.41) is 3.34. The van der Waals surface area contributed by atoms with E-state index in [9.17, 15) is 0 Å². The fourth-order valence-electron chi connectivity index (χ4n) is 2.20. The van der Waals surface area contributed by atoms with Gasteiger partial charge in [0.15, 0.2) is 0 Å². The molecule has 15 heavy (non-hydrogen) atoms. The van der Waals surface area contributed by atoms with Gasteiger partial charge in [0.05, 0.1) is 25.2 Å². The van der Waals surface area contributed by atoms with Crippen LogP contribution in [0.2, 0.25) is 0 Å². The van der Waals surface area contributed by atoms with Gasteiger partial charge in [-0.2, -0.15) is 0 Å². The van der Waals surface area contributed by atoms with E-state index in [1.165, 1.54) is 25.7 Å². The molecule has 1 saturated carbocycles. The predicted octanol–water partition coefficient (Wildman–Crippen LogP) is 2.33. The van der Waals surface area contributed by atoms with E-state index in [2.05, 4.69) is 5.32 Å². The maximum atomic E-state index is 5.91. The SMILES string of the molecule is CNC1CCCCC1OCc1ccoc1. The molecular weight excluding hydrogens is 190 g/mol. The summed E-state index contributed by atoms with van der Waals surface area (Å²) in [5.74, 6) is 0. The highest BCUT2D eigenvalue weighted by atomic mass is 16.5. The zero-order valence-corrected chi connectivity index (χ0v) is 9.24. The van der Waals surface area contributed by atoms with E-state index >= 15 is 0 Å². The second kappa shape index (κ2) is 5.33. The molecule has 1 aliphatic carbocycles. The maximum Gasteiger partial charge on any atom is 0.0957 e. The van der Waals surface area contributed by atoms with Gasteiger partial charge in [0, 0.05) is 11.6 Å². The molecule has 1 fully saturated rings. The van der Waals surface area contributed by atoms with Gasteiger partial charge < -0.3 is 14.5 Å². The number of hydrogen-bond acceptors (Lipinski definition) is 3. The van der Waals surface area contributed by atoms with Crippen LogP contribution in [0.5, 0.6) is 0 Å². The minimum atomic E-state index is 0.360. The Morgan fingerprint density at radius 2 is 2.33 bits per heavy atom. The first-order valence-electron chi connectivity index (χ1n) is 5.70. The predicted molar refractivity (Wildman–Crippen MR) is 58.6 cm³/mol. The maximum absolute atomic E-state index is 5.91. The summed E-state index contributed by atoms with van der Waals surface area (Å²) in [6, 6.07) is 2.47. The summed E-state index contributed by atoms with van der Waals surface area (Å²) in [6.45, 7) is 0.666. The molecule has 1 aliphatic rings. The number of likely N-dealkylation sites (N-methyl/N-ethyl adjacent to an activating group) is 1. The topological polar surface area (TPSA) is 34.4 Å². The largest absolute Gasteiger partial charge is 0.472 e. The Balaban J connectivity index is 1.81. The van der Waals surface area contributed by atoms with E-state index in [0.717, 1.165) is 5.56 Å². The number of ether oxygens (including phenoxy) is 1. The van der Waals surface area contributed by atoms with Crippen LogP contribution in [-0.2, 0) is 11.3 Å². The minimum absolute atomic E-state index is 0.360. The zero-order valence-electron chi connectivity index (χ0n) is 9.24. The van der Waals surface area contributed by atoms with Gasteiger partial charge in [-0.05, 0) is 26.0 Å². The average molecular weight is 209 g/mol. The number of nitrogens with one attached hydrogen (secondary N) is 1. The summed E-state index contributed by atoms with van der Waals surface area (Å²) in [4.78, 5) is 0. The molecule has 0 aromatic carbocycles. The van der Waals surface area contributed by atoms with Crippen molar-refractivity contribution in [2.24, 2.45) is 0 Å². The normalized spacial score (nSPS) is 26.7. The Labute approximate surface area is 90.8 Å². The molecule has 0 amide bonds. The number of furan rings is 1. The molecule has 84 valence electrons. The number of rotatable bonds is 4. The molecule has 2 atom stereocenters. The Morgan fingerprint density at radius 3 is 3.07 bits per heavy atom. The van der Waals surface area contributed by atoms with Crippen molar-refractivity contribution in [1.82, 2.24) is 5.32 Å². The van der Waals surface area contributed by atoms with E-state index in [1.807, 2.05) is 13.1 Å². The smallest absolute Gasteiger partial charge is 0.0957 e. The van der Waals surface area contributed by atoms with Crippen molar-refractivity contribution in [1.29, 1.82) is 0 Å². The monoisotopic (exact) mass is 209 g/mol. The van der Waals surface area contributed by atoms with Crippen LogP contribution in [0, 0.1) is 0 Å². The first kappa shape index (κ1) is 10.7. The molecule has 0 radical (unpaired) electrons. The van der Waals surface area contributed by atoms with Gasteiger partial charge in [0.2, 0.25) is 0 Å². The lowest BCUT2D eigenvalue weighted by molar-refractivity contribution is -0.00377. The Kier molecular flexibility index (Phi) is 3.80. The highest BCUT2D eigenvalue weighted by molar-refractivity contribution is 5.03. The zero-order chi connectivity index (χ0) is 10.5. The van der Waals surface area contributed by atoms with Gasteiger partial charge in [-0.25, -0.2) is 0 Å². The van der Waals surface area contributed by atoms with Crippen LogP contribution in [0.1, 0.15) is 31.2 Å². The van der Waals surface area contributed by atoms with Gasteiger partial charge >= 0.3 is 0 Å².